The van der Waals surface area contributed by atoms with Crippen LogP contribution in [0.4, 0.5) is 0 Å². The average Bonchev–Trinajstić information content (AvgIpc) is 3.33. The zero-order chi connectivity index (χ0) is 17.1. The van der Waals surface area contributed by atoms with E-state index in [-0.39, 0.29) is 11.9 Å². The molecule has 1 heterocycles. The van der Waals surface area contributed by atoms with E-state index in [2.05, 4.69) is 27.6 Å². The van der Waals surface area contributed by atoms with Gasteiger partial charge >= 0.3 is 0 Å². The summed E-state index contributed by atoms with van der Waals surface area (Å²) in [7, 11) is 0. The van der Waals surface area contributed by atoms with Gasteiger partial charge in [-0.1, -0.05) is 41.9 Å². The third-order valence-electron chi connectivity index (χ3n) is 5.32. The van der Waals surface area contributed by atoms with Crippen LogP contribution in [0, 0.1) is 5.92 Å². The normalized spacial score (nSPS) is 18.6. The van der Waals surface area contributed by atoms with Crippen molar-refractivity contribution in [3.63, 3.8) is 0 Å². The Balaban J connectivity index is 1.27. The third-order valence-corrected chi connectivity index (χ3v) is 5.32. The van der Waals surface area contributed by atoms with Crippen LogP contribution in [0.25, 0.3) is 0 Å². The van der Waals surface area contributed by atoms with Gasteiger partial charge in [-0.2, -0.15) is 4.98 Å². The molecule has 0 radical (unpaired) electrons. The molecular formula is C20H25N3O2. The summed E-state index contributed by atoms with van der Waals surface area (Å²) in [6.07, 6.45) is 7.92. The van der Waals surface area contributed by atoms with Crippen LogP contribution in [0.15, 0.2) is 34.9 Å². The highest BCUT2D eigenvalue weighted by Gasteiger charge is 2.30. The number of aromatic nitrogens is 2. The Morgan fingerprint density at radius 1 is 1.20 bits per heavy atom. The zero-order valence-corrected chi connectivity index (χ0v) is 14.5. The molecule has 0 bridgehead atoms. The van der Waals surface area contributed by atoms with Crippen LogP contribution in [0.1, 0.15) is 74.2 Å². The van der Waals surface area contributed by atoms with Crippen molar-refractivity contribution in [2.75, 3.05) is 0 Å². The summed E-state index contributed by atoms with van der Waals surface area (Å²) < 4.78 is 5.27. The number of rotatable bonds is 8. The summed E-state index contributed by atoms with van der Waals surface area (Å²) in [6, 6.07) is 10.5. The molecule has 1 unspecified atom stereocenters. The molecule has 25 heavy (non-hydrogen) atoms. The van der Waals surface area contributed by atoms with Gasteiger partial charge in [-0.3, -0.25) is 4.79 Å². The van der Waals surface area contributed by atoms with Gasteiger partial charge in [0.25, 0.3) is 0 Å². The predicted molar refractivity (Wildman–Crippen MR) is 93.9 cm³/mol. The number of hydrogen-bond acceptors (Lipinski definition) is 4. The molecule has 2 saturated carbocycles. The SMILES string of the molecule is O=C(CCCc1nc(C2CC2)no1)NC(c1ccccc1)C1CCC1. The molecule has 2 fully saturated rings. The molecule has 0 spiro atoms. The Morgan fingerprint density at radius 3 is 2.68 bits per heavy atom. The Labute approximate surface area is 148 Å². The van der Waals surface area contributed by atoms with Crippen molar-refractivity contribution >= 4 is 5.91 Å². The van der Waals surface area contributed by atoms with E-state index in [9.17, 15) is 4.79 Å². The van der Waals surface area contributed by atoms with Crippen LogP contribution < -0.4 is 5.32 Å². The van der Waals surface area contributed by atoms with Crippen LogP contribution >= 0.6 is 0 Å². The highest BCUT2D eigenvalue weighted by molar-refractivity contribution is 5.76. The van der Waals surface area contributed by atoms with Crippen molar-refractivity contribution in [2.45, 2.75) is 63.3 Å². The van der Waals surface area contributed by atoms with Gasteiger partial charge in [0.1, 0.15) is 0 Å². The van der Waals surface area contributed by atoms with Crippen molar-refractivity contribution in [1.29, 1.82) is 0 Å². The van der Waals surface area contributed by atoms with Gasteiger partial charge < -0.3 is 9.84 Å². The second-order valence-electron chi connectivity index (χ2n) is 7.32. The Hall–Kier alpha value is -2.17. The molecule has 0 aliphatic heterocycles. The van der Waals surface area contributed by atoms with Crippen LogP contribution in [0.2, 0.25) is 0 Å². The molecule has 5 nitrogen and oxygen atoms in total. The molecule has 5 heteroatoms. The number of aryl methyl sites for hydroxylation is 1. The number of benzene rings is 1. The summed E-state index contributed by atoms with van der Waals surface area (Å²) in [5.74, 6) is 2.70. The van der Waals surface area contributed by atoms with Gasteiger partial charge in [0.05, 0.1) is 6.04 Å². The number of nitrogens with one attached hydrogen (secondary N) is 1. The van der Waals surface area contributed by atoms with Gasteiger partial charge in [-0.05, 0) is 43.6 Å². The number of amides is 1. The minimum Gasteiger partial charge on any atom is -0.349 e. The fraction of sp³-hybridized carbons (Fsp3) is 0.550. The monoisotopic (exact) mass is 339 g/mol. The molecule has 2 aliphatic rings. The fourth-order valence-electron chi connectivity index (χ4n) is 3.43. The second-order valence-corrected chi connectivity index (χ2v) is 7.32. The molecule has 4 rings (SSSR count). The van der Waals surface area contributed by atoms with Crippen molar-refractivity contribution in [3.8, 4) is 0 Å². The third kappa shape index (κ3) is 4.09. The lowest BCUT2D eigenvalue weighted by Gasteiger charge is -2.34. The molecule has 0 saturated heterocycles. The van der Waals surface area contributed by atoms with E-state index in [1.54, 1.807) is 0 Å². The summed E-state index contributed by atoms with van der Waals surface area (Å²) in [6.45, 7) is 0. The number of nitrogens with zero attached hydrogens (tertiary/aromatic N) is 2. The van der Waals surface area contributed by atoms with Gasteiger partial charge in [-0.15, -0.1) is 0 Å². The van der Waals surface area contributed by atoms with Crippen LogP contribution in [0.3, 0.4) is 0 Å². The van der Waals surface area contributed by atoms with Gasteiger partial charge in [0.15, 0.2) is 5.82 Å². The van der Waals surface area contributed by atoms with Crippen LogP contribution in [0.5, 0.6) is 0 Å². The maximum Gasteiger partial charge on any atom is 0.226 e. The molecule has 1 aromatic heterocycles. The maximum atomic E-state index is 12.4. The second kappa shape index (κ2) is 7.38. The largest absolute Gasteiger partial charge is 0.349 e. The highest BCUT2D eigenvalue weighted by atomic mass is 16.5. The molecule has 1 atom stereocenters. The molecule has 132 valence electrons. The fourth-order valence-corrected chi connectivity index (χ4v) is 3.43. The van der Waals surface area contributed by atoms with Crippen molar-refractivity contribution in [1.82, 2.24) is 15.5 Å². The Kier molecular flexibility index (Phi) is 4.81. The van der Waals surface area contributed by atoms with Crippen molar-refractivity contribution in [3.05, 3.63) is 47.6 Å². The molecular weight excluding hydrogens is 314 g/mol. The molecule has 1 N–H and O–H groups in total. The Morgan fingerprint density at radius 2 is 2.00 bits per heavy atom. The Bertz CT molecular complexity index is 705. The smallest absolute Gasteiger partial charge is 0.226 e. The minimum absolute atomic E-state index is 0.114. The summed E-state index contributed by atoms with van der Waals surface area (Å²) >= 11 is 0. The molecule has 1 amide bonds. The standard InChI is InChI=1S/C20H25N3O2/c24-17(10-5-11-18-22-20(23-25-18)16-12-13-16)21-19(15-8-4-9-15)14-6-2-1-3-7-14/h1-3,6-7,15-16,19H,4-5,8-13H2,(H,21,24). The van der Waals surface area contributed by atoms with E-state index in [0.717, 1.165) is 12.2 Å². The first-order chi connectivity index (χ1) is 12.3. The lowest BCUT2D eigenvalue weighted by Crippen LogP contribution is -2.36. The van der Waals surface area contributed by atoms with E-state index in [0.29, 0.717) is 30.6 Å². The van der Waals surface area contributed by atoms with Crippen molar-refractivity contribution < 1.29 is 9.32 Å². The average molecular weight is 339 g/mol. The molecule has 2 aromatic rings. The first-order valence-corrected chi connectivity index (χ1v) is 9.46. The van der Waals surface area contributed by atoms with E-state index in [1.807, 2.05) is 18.2 Å². The lowest BCUT2D eigenvalue weighted by atomic mass is 9.77. The number of carbonyl (C=O) groups is 1. The minimum atomic E-state index is 0.114. The van der Waals surface area contributed by atoms with E-state index in [4.69, 9.17) is 4.52 Å². The van der Waals surface area contributed by atoms with E-state index >= 15 is 0 Å². The molecule has 2 aliphatic carbocycles. The lowest BCUT2D eigenvalue weighted by molar-refractivity contribution is -0.122. The quantitative estimate of drug-likeness (QED) is 0.791. The van der Waals surface area contributed by atoms with Crippen LogP contribution in [-0.4, -0.2) is 16.0 Å². The summed E-state index contributed by atoms with van der Waals surface area (Å²) in [4.78, 5) is 16.8. The maximum absolute atomic E-state index is 12.4. The van der Waals surface area contributed by atoms with E-state index in [1.165, 1.54) is 37.7 Å². The van der Waals surface area contributed by atoms with Crippen LogP contribution in [-0.2, 0) is 11.2 Å². The van der Waals surface area contributed by atoms with Gasteiger partial charge in [-0.25, -0.2) is 0 Å². The number of hydrogen-bond donors (Lipinski definition) is 1. The topological polar surface area (TPSA) is 68.0 Å². The summed E-state index contributed by atoms with van der Waals surface area (Å²) in [5.41, 5.74) is 1.21. The number of carbonyl (C=O) groups excluding carboxylic acids is 1. The summed E-state index contributed by atoms with van der Waals surface area (Å²) in [5, 5.41) is 7.27. The first kappa shape index (κ1) is 16.3. The zero-order valence-electron chi connectivity index (χ0n) is 14.5. The van der Waals surface area contributed by atoms with Crippen molar-refractivity contribution in [2.24, 2.45) is 5.92 Å². The predicted octanol–water partition coefficient (Wildman–Crippen LogP) is 3.93. The molecule has 1 aromatic carbocycles. The van der Waals surface area contributed by atoms with Gasteiger partial charge in [0.2, 0.25) is 11.8 Å². The van der Waals surface area contributed by atoms with E-state index < -0.39 is 0 Å². The van der Waals surface area contributed by atoms with Gasteiger partial charge in [0, 0.05) is 18.8 Å². The first-order valence-electron chi connectivity index (χ1n) is 9.46. The highest BCUT2D eigenvalue weighted by Crippen LogP contribution is 2.38.